The van der Waals surface area contributed by atoms with Crippen molar-refractivity contribution in [3.05, 3.63) is 34.3 Å². The van der Waals surface area contributed by atoms with Gasteiger partial charge in [-0.3, -0.25) is 9.59 Å². The molecule has 10 heteroatoms. The highest BCUT2D eigenvalue weighted by Crippen LogP contribution is 2.34. The average molecular weight is 432 g/mol. The molecule has 0 spiro atoms. The smallest absolute Gasteiger partial charge is 0.273 e. The number of amides is 2. The number of piperidine rings is 1. The summed E-state index contributed by atoms with van der Waals surface area (Å²) in [5.74, 6) is 0.922. The summed E-state index contributed by atoms with van der Waals surface area (Å²) in [5.41, 5.74) is 1.48. The second kappa shape index (κ2) is 8.57. The first kappa shape index (κ1) is 20.5. The van der Waals surface area contributed by atoms with Crippen LogP contribution in [0.4, 0.5) is 0 Å². The van der Waals surface area contributed by atoms with Crippen LogP contribution in [0.1, 0.15) is 34.5 Å². The topological polar surface area (TPSA) is 106 Å². The fraction of sp³-hybridized carbons (Fsp3) is 0.500. The second-order valence-electron chi connectivity index (χ2n) is 7.53. The average Bonchev–Trinajstić information content (AvgIpc) is 3.33. The Labute approximate surface area is 178 Å². The molecule has 2 aliphatic rings. The maximum atomic E-state index is 13.7. The Bertz CT molecular complexity index is 928. The van der Waals surface area contributed by atoms with Crippen LogP contribution in [0.15, 0.2) is 17.5 Å². The molecule has 2 N–H and O–H groups in total. The van der Waals surface area contributed by atoms with Gasteiger partial charge in [0, 0.05) is 18.5 Å². The Morgan fingerprint density at radius 2 is 1.87 bits per heavy atom. The van der Waals surface area contributed by atoms with E-state index < -0.39 is 5.54 Å². The molecule has 0 aliphatic carbocycles. The molecular weight excluding hydrogens is 406 g/mol. The Morgan fingerprint density at radius 1 is 1.17 bits per heavy atom. The Hall–Kier alpha value is -2.72. The van der Waals surface area contributed by atoms with Crippen LogP contribution < -0.4 is 20.1 Å². The Balaban J connectivity index is 1.57. The van der Waals surface area contributed by atoms with Gasteiger partial charge >= 0.3 is 0 Å². The van der Waals surface area contributed by atoms with Gasteiger partial charge in [-0.25, -0.2) is 0 Å². The van der Waals surface area contributed by atoms with Crippen LogP contribution in [-0.2, 0) is 17.8 Å². The molecule has 0 bridgehead atoms. The van der Waals surface area contributed by atoms with Gasteiger partial charge in [-0.1, -0.05) is 4.49 Å². The molecular formula is C20H25N5O4S. The lowest BCUT2D eigenvalue weighted by atomic mass is 9.85. The van der Waals surface area contributed by atoms with Crippen molar-refractivity contribution >= 4 is 23.3 Å². The first-order valence-corrected chi connectivity index (χ1v) is 10.7. The molecule has 9 nitrogen and oxygen atoms in total. The minimum atomic E-state index is -0.944. The van der Waals surface area contributed by atoms with Crippen LogP contribution in [0, 0.1) is 0 Å². The van der Waals surface area contributed by atoms with Crippen molar-refractivity contribution in [2.24, 2.45) is 0 Å². The second-order valence-corrected chi connectivity index (χ2v) is 8.14. The van der Waals surface area contributed by atoms with Gasteiger partial charge in [0.1, 0.15) is 5.54 Å². The van der Waals surface area contributed by atoms with Crippen molar-refractivity contribution in [1.82, 2.24) is 25.1 Å². The standard InChI is InChI=1S/C20H25N5O4S/c1-28-16-9-13-3-8-25(11-14(13)10-17(16)29-2)19(27)20(4-6-21-7-5-20)22-18(26)15-12-30-24-23-15/h9-10,12,21H,3-8,11H2,1-2H3,(H,22,26). The van der Waals surface area contributed by atoms with E-state index in [4.69, 9.17) is 9.47 Å². The fourth-order valence-electron chi connectivity index (χ4n) is 4.15. The van der Waals surface area contributed by atoms with Crippen LogP contribution in [-0.4, -0.2) is 65.7 Å². The number of carbonyl (C=O) groups excluding carboxylic acids is 2. The molecule has 3 heterocycles. The van der Waals surface area contributed by atoms with Gasteiger partial charge in [0.15, 0.2) is 17.2 Å². The zero-order chi connectivity index (χ0) is 21.1. The number of carbonyl (C=O) groups is 2. The largest absolute Gasteiger partial charge is 0.493 e. The molecule has 0 atom stereocenters. The predicted molar refractivity (Wildman–Crippen MR) is 111 cm³/mol. The van der Waals surface area contributed by atoms with Gasteiger partial charge in [0.05, 0.1) is 14.2 Å². The molecule has 2 aromatic rings. The summed E-state index contributed by atoms with van der Waals surface area (Å²) in [7, 11) is 3.22. The number of nitrogens with zero attached hydrogens (tertiary/aromatic N) is 3. The molecule has 160 valence electrons. The van der Waals surface area contributed by atoms with Gasteiger partial charge in [-0.2, -0.15) is 0 Å². The summed E-state index contributed by atoms with van der Waals surface area (Å²) in [6.45, 7) is 2.38. The third-order valence-corrected chi connectivity index (χ3v) is 6.32. The minimum Gasteiger partial charge on any atom is -0.493 e. The molecule has 0 saturated carbocycles. The summed E-state index contributed by atoms with van der Waals surface area (Å²) in [6, 6.07) is 3.91. The zero-order valence-electron chi connectivity index (χ0n) is 17.1. The first-order chi connectivity index (χ1) is 14.6. The summed E-state index contributed by atoms with van der Waals surface area (Å²) in [4.78, 5) is 28.2. The van der Waals surface area contributed by atoms with Gasteiger partial charge in [-0.15, -0.1) is 5.10 Å². The van der Waals surface area contributed by atoms with Crippen molar-refractivity contribution in [2.75, 3.05) is 33.9 Å². The van der Waals surface area contributed by atoms with E-state index in [1.807, 2.05) is 17.0 Å². The number of methoxy groups -OCH3 is 2. The van der Waals surface area contributed by atoms with E-state index in [0.717, 1.165) is 29.1 Å². The van der Waals surface area contributed by atoms with Gasteiger partial charge in [0.2, 0.25) is 5.91 Å². The van der Waals surface area contributed by atoms with Gasteiger partial charge in [-0.05, 0) is 67.1 Å². The SMILES string of the molecule is COc1cc2c(cc1OC)CN(C(=O)C1(NC(=O)c3csnn3)CCNCC1)CC2. The van der Waals surface area contributed by atoms with Crippen LogP contribution in [0.3, 0.4) is 0 Å². The number of hydrogen-bond acceptors (Lipinski definition) is 8. The van der Waals surface area contributed by atoms with Crippen molar-refractivity contribution in [1.29, 1.82) is 0 Å². The molecule has 2 aliphatic heterocycles. The quantitative estimate of drug-likeness (QED) is 0.727. The maximum Gasteiger partial charge on any atom is 0.273 e. The summed E-state index contributed by atoms with van der Waals surface area (Å²) < 4.78 is 14.6. The van der Waals surface area contributed by atoms with E-state index in [-0.39, 0.29) is 17.5 Å². The molecule has 2 amide bonds. The molecule has 1 fully saturated rings. The first-order valence-electron chi connectivity index (χ1n) is 9.90. The van der Waals surface area contributed by atoms with Crippen molar-refractivity contribution in [3.8, 4) is 11.5 Å². The van der Waals surface area contributed by atoms with E-state index in [2.05, 4.69) is 20.2 Å². The molecule has 1 saturated heterocycles. The fourth-order valence-corrected chi connectivity index (χ4v) is 4.59. The Kier molecular flexibility index (Phi) is 5.87. The van der Waals surface area contributed by atoms with Gasteiger partial charge < -0.3 is 25.0 Å². The molecule has 0 unspecified atom stereocenters. The molecule has 30 heavy (non-hydrogen) atoms. The van der Waals surface area contributed by atoms with E-state index >= 15 is 0 Å². The lowest BCUT2D eigenvalue weighted by molar-refractivity contribution is -0.140. The monoisotopic (exact) mass is 431 g/mol. The number of rotatable bonds is 5. The molecule has 1 aromatic heterocycles. The highest BCUT2D eigenvalue weighted by Gasteiger charge is 2.44. The number of ether oxygens (including phenoxy) is 2. The summed E-state index contributed by atoms with van der Waals surface area (Å²) in [6.07, 6.45) is 1.79. The van der Waals surface area contributed by atoms with E-state index in [0.29, 0.717) is 50.5 Å². The van der Waals surface area contributed by atoms with E-state index in [1.54, 1.807) is 19.6 Å². The van der Waals surface area contributed by atoms with E-state index in [9.17, 15) is 9.59 Å². The third-order valence-electron chi connectivity index (χ3n) is 5.82. The summed E-state index contributed by atoms with van der Waals surface area (Å²) in [5, 5.41) is 11.7. The third kappa shape index (κ3) is 3.84. The minimum absolute atomic E-state index is 0.0547. The molecule has 4 rings (SSSR count). The van der Waals surface area contributed by atoms with Crippen LogP contribution in [0.5, 0.6) is 11.5 Å². The van der Waals surface area contributed by atoms with Crippen LogP contribution in [0.25, 0.3) is 0 Å². The Morgan fingerprint density at radius 3 is 2.50 bits per heavy atom. The number of aromatic nitrogens is 2. The number of nitrogens with one attached hydrogen (secondary N) is 2. The van der Waals surface area contributed by atoms with Gasteiger partial charge in [0.25, 0.3) is 5.91 Å². The number of hydrogen-bond donors (Lipinski definition) is 2. The van der Waals surface area contributed by atoms with Crippen molar-refractivity contribution in [2.45, 2.75) is 31.3 Å². The lowest BCUT2D eigenvalue weighted by Crippen LogP contribution is -2.63. The lowest BCUT2D eigenvalue weighted by Gasteiger charge is -2.41. The van der Waals surface area contributed by atoms with Crippen molar-refractivity contribution < 1.29 is 19.1 Å². The highest BCUT2D eigenvalue weighted by molar-refractivity contribution is 7.03. The zero-order valence-corrected chi connectivity index (χ0v) is 17.9. The highest BCUT2D eigenvalue weighted by atomic mass is 32.1. The van der Waals surface area contributed by atoms with Crippen LogP contribution >= 0.6 is 11.5 Å². The summed E-state index contributed by atoms with van der Waals surface area (Å²) >= 11 is 1.11. The number of fused-ring (bicyclic) bond motifs is 1. The number of benzene rings is 1. The predicted octanol–water partition coefficient (Wildman–Crippen LogP) is 0.992. The molecule has 0 radical (unpaired) electrons. The molecule has 1 aromatic carbocycles. The van der Waals surface area contributed by atoms with Crippen molar-refractivity contribution in [3.63, 3.8) is 0 Å². The normalized spacial score (nSPS) is 17.7. The maximum absolute atomic E-state index is 13.7. The van der Waals surface area contributed by atoms with E-state index in [1.165, 1.54) is 0 Å². The van der Waals surface area contributed by atoms with Crippen LogP contribution in [0.2, 0.25) is 0 Å².